The first-order valence-corrected chi connectivity index (χ1v) is 12.2. The minimum atomic E-state index is -3.21. The number of sulfonamides is 1. The molecule has 0 spiro atoms. The van der Waals surface area contributed by atoms with E-state index in [9.17, 15) is 13.2 Å². The monoisotopic (exact) mass is 412 g/mol. The van der Waals surface area contributed by atoms with Crippen molar-refractivity contribution in [3.05, 3.63) is 60.2 Å². The highest BCUT2D eigenvalue weighted by Gasteiger charge is 2.46. The summed E-state index contributed by atoms with van der Waals surface area (Å²) < 4.78 is 25.7. The number of nitrogens with zero attached hydrogens (tertiary/aromatic N) is 1. The molecule has 1 aliphatic carbocycles. The fourth-order valence-electron chi connectivity index (χ4n) is 4.39. The number of benzene rings is 2. The number of rotatable bonds is 5. The molecule has 1 amide bonds. The van der Waals surface area contributed by atoms with E-state index in [0.29, 0.717) is 25.4 Å². The van der Waals surface area contributed by atoms with Crippen LogP contribution in [0.3, 0.4) is 0 Å². The number of carbonyl (C=O) groups excluding carboxylic acids is 1. The molecule has 4 rings (SSSR count). The van der Waals surface area contributed by atoms with Gasteiger partial charge in [0.25, 0.3) is 0 Å². The van der Waals surface area contributed by atoms with Crippen molar-refractivity contribution in [3.63, 3.8) is 0 Å². The summed E-state index contributed by atoms with van der Waals surface area (Å²) in [6.07, 6.45) is 4.39. The molecule has 3 atom stereocenters. The van der Waals surface area contributed by atoms with Gasteiger partial charge in [-0.05, 0) is 48.3 Å². The van der Waals surface area contributed by atoms with Gasteiger partial charge < -0.3 is 4.90 Å². The minimum absolute atomic E-state index is 0.0560. The van der Waals surface area contributed by atoms with Crippen LogP contribution in [0, 0.1) is 5.92 Å². The molecule has 29 heavy (non-hydrogen) atoms. The molecule has 0 bridgehead atoms. The molecular weight excluding hydrogens is 384 g/mol. The van der Waals surface area contributed by atoms with Gasteiger partial charge >= 0.3 is 0 Å². The van der Waals surface area contributed by atoms with Crippen LogP contribution in [-0.4, -0.2) is 44.6 Å². The maximum Gasteiger partial charge on any atom is 0.226 e. The maximum absolute atomic E-state index is 13.0. The van der Waals surface area contributed by atoms with Crippen molar-refractivity contribution in [1.29, 1.82) is 0 Å². The molecule has 0 unspecified atom stereocenters. The molecule has 1 aliphatic heterocycles. The summed E-state index contributed by atoms with van der Waals surface area (Å²) >= 11 is 0. The summed E-state index contributed by atoms with van der Waals surface area (Å²) in [4.78, 5) is 15.0. The Bertz CT molecular complexity index is 975. The quantitative estimate of drug-likeness (QED) is 0.819. The van der Waals surface area contributed by atoms with Gasteiger partial charge in [0.15, 0.2) is 0 Å². The van der Waals surface area contributed by atoms with Crippen molar-refractivity contribution in [2.45, 2.75) is 37.6 Å². The van der Waals surface area contributed by atoms with Gasteiger partial charge in [0.05, 0.1) is 6.26 Å². The van der Waals surface area contributed by atoms with Gasteiger partial charge in [0, 0.05) is 25.0 Å². The van der Waals surface area contributed by atoms with Gasteiger partial charge in [-0.1, -0.05) is 54.6 Å². The zero-order valence-electron chi connectivity index (χ0n) is 16.8. The van der Waals surface area contributed by atoms with Gasteiger partial charge in [-0.3, -0.25) is 4.79 Å². The van der Waals surface area contributed by atoms with Crippen molar-refractivity contribution in [2.75, 3.05) is 19.3 Å². The molecular formula is C23H28N2O3S. The number of hydrogen-bond donors (Lipinski definition) is 1. The lowest BCUT2D eigenvalue weighted by Crippen LogP contribution is -2.36. The van der Waals surface area contributed by atoms with Crippen molar-refractivity contribution in [2.24, 2.45) is 5.92 Å². The van der Waals surface area contributed by atoms with E-state index in [0.717, 1.165) is 19.3 Å². The Morgan fingerprint density at radius 3 is 2.52 bits per heavy atom. The smallest absolute Gasteiger partial charge is 0.226 e. The van der Waals surface area contributed by atoms with E-state index in [-0.39, 0.29) is 17.9 Å². The van der Waals surface area contributed by atoms with Crippen LogP contribution in [0.2, 0.25) is 0 Å². The zero-order chi connectivity index (χ0) is 20.4. The van der Waals surface area contributed by atoms with E-state index < -0.39 is 10.0 Å². The normalized spacial score (nSPS) is 24.7. The first-order chi connectivity index (χ1) is 13.9. The number of likely N-dealkylation sites (tertiary alicyclic amines) is 1. The zero-order valence-corrected chi connectivity index (χ0v) is 17.6. The third-order valence-electron chi connectivity index (χ3n) is 5.95. The predicted octanol–water partition coefficient (Wildman–Crippen LogP) is 3.39. The summed E-state index contributed by atoms with van der Waals surface area (Å²) in [7, 11) is -3.21. The molecule has 2 fully saturated rings. The van der Waals surface area contributed by atoms with Crippen LogP contribution < -0.4 is 4.72 Å². The second-order valence-electron chi connectivity index (χ2n) is 8.28. The second-order valence-corrected chi connectivity index (χ2v) is 10.1. The summed E-state index contributed by atoms with van der Waals surface area (Å²) in [5, 5.41) is 0. The van der Waals surface area contributed by atoms with Gasteiger partial charge in [0.1, 0.15) is 0 Å². The molecule has 2 aromatic rings. The van der Waals surface area contributed by atoms with Gasteiger partial charge in [-0.25, -0.2) is 13.1 Å². The van der Waals surface area contributed by atoms with Crippen molar-refractivity contribution in [3.8, 4) is 11.1 Å². The molecule has 1 saturated heterocycles. The Balaban J connectivity index is 1.39. The van der Waals surface area contributed by atoms with Crippen LogP contribution >= 0.6 is 0 Å². The largest absolute Gasteiger partial charge is 0.342 e. The second kappa shape index (κ2) is 8.28. The van der Waals surface area contributed by atoms with Gasteiger partial charge in [-0.2, -0.15) is 0 Å². The molecule has 2 aromatic carbocycles. The molecule has 0 aromatic heterocycles. The molecule has 1 heterocycles. The van der Waals surface area contributed by atoms with Crippen LogP contribution in [-0.2, 0) is 14.8 Å². The van der Waals surface area contributed by atoms with Crippen molar-refractivity contribution >= 4 is 15.9 Å². The molecule has 1 N–H and O–H groups in total. The van der Waals surface area contributed by atoms with Crippen molar-refractivity contribution in [1.82, 2.24) is 9.62 Å². The Labute approximate surface area is 173 Å². The highest BCUT2D eigenvalue weighted by Crippen LogP contribution is 2.49. The Morgan fingerprint density at radius 2 is 1.76 bits per heavy atom. The highest BCUT2D eigenvalue weighted by molar-refractivity contribution is 7.88. The third-order valence-corrected chi connectivity index (χ3v) is 6.71. The molecule has 5 nitrogen and oxygen atoms in total. The Hall–Kier alpha value is -2.18. The fourth-order valence-corrected chi connectivity index (χ4v) is 5.23. The highest BCUT2D eigenvalue weighted by atomic mass is 32.2. The summed E-state index contributed by atoms with van der Waals surface area (Å²) in [6.45, 7) is 1.34. The first-order valence-electron chi connectivity index (χ1n) is 10.3. The van der Waals surface area contributed by atoms with Crippen molar-refractivity contribution < 1.29 is 13.2 Å². The van der Waals surface area contributed by atoms with E-state index in [1.165, 1.54) is 22.9 Å². The van der Waals surface area contributed by atoms with E-state index in [1.54, 1.807) is 0 Å². The van der Waals surface area contributed by atoms with E-state index in [2.05, 4.69) is 41.1 Å². The summed E-state index contributed by atoms with van der Waals surface area (Å²) in [5.41, 5.74) is 3.61. The standard InChI is InChI=1S/C23H28N2O3S/c1-29(27,28)24-20-11-6-13-25(14-12-20)23(26)22-16-21(22)19-10-5-9-18(15-19)17-7-3-2-4-8-17/h2-5,7-10,15,20-22,24H,6,11-14,16H2,1H3/t20-,21-,22+/m0/s1. The number of nitrogens with one attached hydrogen (secondary N) is 1. The number of hydrogen-bond acceptors (Lipinski definition) is 3. The van der Waals surface area contributed by atoms with Crippen LogP contribution in [0.4, 0.5) is 0 Å². The molecule has 2 aliphatic rings. The predicted molar refractivity (Wildman–Crippen MR) is 115 cm³/mol. The average Bonchev–Trinajstić information content (AvgIpc) is 3.52. The van der Waals surface area contributed by atoms with E-state index in [1.807, 2.05) is 23.1 Å². The SMILES string of the molecule is CS(=O)(=O)N[C@H]1CCCN(C(=O)[C@@H]2C[C@H]2c2cccc(-c3ccccc3)c2)CC1. The van der Waals surface area contributed by atoms with Crippen LogP contribution in [0.15, 0.2) is 54.6 Å². The minimum Gasteiger partial charge on any atom is -0.342 e. The topological polar surface area (TPSA) is 66.5 Å². The lowest BCUT2D eigenvalue weighted by Gasteiger charge is -2.21. The summed E-state index contributed by atoms with van der Waals surface area (Å²) in [6, 6.07) is 18.8. The lowest BCUT2D eigenvalue weighted by molar-refractivity contribution is -0.132. The third kappa shape index (κ3) is 5.06. The van der Waals surface area contributed by atoms with E-state index in [4.69, 9.17) is 0 Å². The molecule has 154 valence electrons. The molecule has 6 heteroatoms. The number of amides is 1. The van der Waals surface area contributed by atoms with Gasteiger partial charge in [0.2, 0.25) is 15.9 Å². The van der Waals surface area contributed by atoms with Crippen LogP contribution in [0.1, 0.15) is 37.2 Å². The fraction of sp³-hybridized carbons (Fsp3) is 0.435. The Kier molecular flexibility index (Phi) is 5.74. The molecule has 1 saturated carbocycles. The summed E-state index contributed by atoms with van der Waals surface area (Å²) in [5.74, 6) is 0.569. The Morgan fingerprint density at radius 1 is 1.00 bits per heavy atom. The first kappa shape index (κ1) is 20.1. The van der Waals surface area contributed by atoms with Crippen LogP contribution in [0.25, 0.3) is 11.1 Å². The lowest BCUT2D eigenvalue weighted by atomic mass is 10.0. The number of carbonyl (C=O) groups is 1. The molecule has 0 radical (unpaired) electrons. The van der Waals surface area contributed by atoms with Crippen LogP contribution in [0.5, 0.6) is 0 Å². The van der Waals surface area contributed by atoms with Gasteiger partial charge in [-0.15, -0.1) is 0 Å². The average molecular weight is 413 g/mol. The van der Waals surface area contributed by atoms with E-state index >= 15 is 0 Å². The maximum atomic E-state index is 13.0.